The predicted molar refractivity (Wildman–Crippen MR) is 59.1 cm³/mol. The Morgan fingerprint density at radius 3 is 2.85 bits per heavy atom. The van der Waals surface area contributed by atoms with Crippen LogP contribution in [0.1, 0.15) is 19.8 Å². The maximum Gasteiger partial charge on any atom is 0.0194 e. The predicted octanol–water partition coefficient (Wildman–Crippen LogP) is 1.16. The van der Waals surface area contributed by atoms with Crippen molar-refractivity contribution < 1.29 is 0 Å². The van der Waals surface area contributed by atoms with Crippen molar-refractivity contribution in [1.82, 2.24) is 4.90 Å². The molecule has 2 nitrogen and oxygen atoms in total. The van der Waals surface area contributed by atoms with Crippen LogP contribution in [0.15, 0.2) is 0 Å². The summed E-state index contributed by atoms with van der Waals surface area (Å²) in [6.07, 6.45) is 2.67. The van der Waals surface area contributed by atoms with Crippen molar-refractivity contribution in [3.05, 3.63) is 0 Å². The first-order valence-electron chi connectivity index (χ1n) is 5.35. The lowest BCUT2D eigenvalue weighted by atomic mass is 9.93. The van der Waals surface area contributed by atoms with Crippen molar-refractivity contribution in [1.29, 1.82) is 0 Å². The van der Waals surface area contributed by atoms with E-state index >= 15 is 0 Å². The summed E-state index contributed by atoms with van der Waals surface area (Å²) in [5.41, 5.74) is 6.09. The second-order valence-corrected chi connectivity index (χ2v) is 5.59. The first kappa shape index (κ1) is 9.81. The van der Waals surface area contributed by atoms with E-state index in [1.165, 1.54) is 30.9 Å². The van der Waals surface area contributed by atoms with E-state index in [2.05, 4.69) is 23.6 Å². The summed E-state index contributed by atoms with van der Waals surface area (Å²) in [6, 6.07) is 1.25. The van der Waals surface area contributed by atoms with E-state index in [0.717, 1.165) is 18.5 Å². The molecule has 76 valence electrons. The first-order chi connectivity index (χ1) is 6.27. The zero-order valence-electron chi connectivity index (χ0n) is 8.41. The SMILES string of the molecule is CC1CCN(C2CCSC2)CC1N. The molecule has 2 heterocycles. The third kappa shape index (κ3) is 2.20. The molecule has 13 heavy (non-hydrogen) atoms. The number of hydrogen-bond donors (Lipinski definition) is 1. The van der Waals surface area contributed by atoms with Gasteiger partial charge in [0.2, 0.25) is 0 Å². The Hall–Kier alpha value is 0.270. The number of thioether (sulfide) groups is 1. The number of nitrogens with zero attached hydrogens (tertiary/aromatic N) is 1. The highest BCUT2D eigenvalue weighted by atomic mass is 32.2. The molecule has 0 saturated carbocycles. The Morgan fingerprint density at radius 2 is 2.23 bits per heavy atom. The van der Waals surface area contributed by atoms with Gasteiger partial charge < -0.3 is 5.73 Å². The maximum atomic E-state index is 6.09. The Balaban J connectivity index is 1.87. The van der Waals surface area contributed by atoms with Crippen molar-refractivity contribution in [2.75, 3.05) is 24.6 Å². The minimum atomic E-state index is 0.416. The number of nitrogens with two attached hydrogens (primary N) is 1. The van der Waals surface area contributed by atoms with Gasteiger partial charge in [0.15, 0.2) is 0 Å². The van der Waals surface area contributed by atoms with Gasteiger partial charge in [0.25, 0.3) is 0 Å². The summed E-state index contributed by atoms with van der Waals surface area (Å²) >= 11 is 2.10. The van der Waals surface area contributed by atoms with Crippen molar-refractivity contribution in [3.63, 3.8) is 0 Å². The number of rotatable bonds is 1. The second kappa shape index (κ2) is 4.20. The third-order valence-corrected chi connectivity index (χ3v) is 4.61. The summed E-state index contributed by atoms with van der Waals surface area (Å²) in [4.78, 5) is 2.62. The molecule has 2 saturated heterocycles. The Kier molecular flexibility index (Phi) is 3.17. The molecule has 0 bridgehead atoms. The van der Waals surface area contributed by atoms with Gasteiger partial charge in [-0.2, -0.15) is 11.8 Å². The molecule has 0 radical (unpaired) electrons. The molecule has 2 N–H and O–H groups in total. The van der Waals surface area contributed by atoms with E-state index in [9.17, 15) is 0 Å². The molecule has 2 aliphatic rings. The number of likely N-dealkylation sites (tertiary alicyclic amines) is 1. The van der Waals surface area contributed by atoms with Gasteiger partial charge >= 0.3 is 0 Å². The fourth-order valence-corrected chi connectivity index (χ4v) is 3.52. The van der Waals surface area contributed by atoms with E-state index in [0.29, 0.717) is 6.04 Å². The van der Waals surface area contributed by atoms with E-state index in [4.69, 9.17) is 5.73 Å². The normalized spacial score (nSPS) is 42.5. The lowest BCUT2D eigenvalue weighted by Crippen LogP contribution is -2.51. The summed E-state index contributed by atoms with van der Waals surface area (Å²) in [5, 5.41) is 0. The van der Waals surface area contributed by atoms with E-state index in [1.807, 2.05) is 0 Å². The summed E-state index contributed by atoms with van der Waals surface area (Å²) in [5.74, 6) is 3.41. The molecular weight excluding hydrogens is 180 g/mol. The van der Waals surface area contributed by atoms with Gasteiger partial charge in [-0.3, -0.25) is 4.90 Å². The first-order valence-corrected chi connectivity index (χ1v) is 6.50. The average Bonchev–Trinajstić information content (AvgIpc) is 2.62. The van der Waals surface area contributed by atoms with E-state index < -0.39 is 0 Å². The molecule has 2 aliphatic heterocycles. The highest BCUT2D eigenvalue weighted by Crippen LogP contribution is 2.26. The average molecular weight is 200 g/mol. The van der Waals surface area contributed by atoms with Crippen LogP contribution in [0.4, 0.5) is 0 Å². The molecule has 2 rings (SSSR count). The molecule has 3 heteroatoms. The van der Waals surface area contributed by atoms with Crippen LogP contribution in [0.25, 0.3) is 0 Å². The minimum absolute atomic E-state index is 0.416. The van der Waals surface area contributed by atoms with Gasteiger partial charge in [-0.15, -0.1) is 0 Å². The molecule has 0 aromatic carbocycles. The van der Waals surface area contributed by atoms with Gasteiger partial charge in [0, 0.05) is 24.4 Å². The quantitative estimate of drug-likeness (QED) is 0.689. The molecule has 0 spiro atoms. The minimum Gasteiger partial charge on any atom is -0.326 e. The van der Waals surface area contributed by atoms with Gasteiger partial charge in [0.05, 0.1) is 0 Å². The fourth-order valence-electron chi connectivity index (χ4n) is 2.27. The van der Waals surface area contributed by atoms with Crippen molar-refractivity contribution in [2.45, 2.75) is 31.8 Å². The molecule has 0 aromatic rings. The van der Waals surface area contributed by atoms with Crippen LogP contribution in [-0.2, 0) is 0 Å². The van der Waals surface area contributed by atoms with Gasteiger partial charge in [-0.05, 0) is 31.1 Å². The fraction of sp³-hybridized carbons (Fsp3) is 1.00. The second-order valence-electron chi connectivity index (χ2n) is 4.44. The zero-order chi connectivity index (χ0) is 9.26. The Labute approximate surface area is 85.2 Å². The monoisotopic (exact) mass is 200 g/mol. The summed E-state index contributed by atoms with van der Waals surface area (Å²) in [6.45, 7) is 4.69. The van der Waals surface area contributed by atoms with Gasteiger partial charge in [0.1, 0.15) is 0 Å². The molecule has 3 atom stereocenters. The van der Waals surface area contributed by atoms with Crippen LogP contribution in [0.2, 0.25) is 0 Å². The molecule has 0 aromatic heterocycles. The standard InChI is InChI=1S/C10H20N2S/c1-8-2-4-12(6-10(8)11)9-3-5-13-7-9/h8-10H,2-7,11H2,1H3. The number of piperidine rings is 1. The van der Waals surface area contributed by atoms with Crippen LogP contribution >= 0.6 is 11.8 Å². The van der Waals surface area contributed by atoms with Crippen LogP contribution in [-0.4, -0.2) is 41.6 Å². The third-order valence-electron chi connectivity index (χ3n) is 3.47. The highest BCUT2D eigenvalue weighted by Gasteiger charge is 2.29. The lowest BCUT2D eigenvalue weighted by molar-refractivity contribution is 0.131. The molecule has 0 aliphatic carbocycles. The van der Waals surface area contributed by atoms with Crippen molar-refractivity contribution in [2.24, 2.45) is 11.7 Å². The van der Waals surface area contributed by atoms with Crippen LogP contribution in [0.5, 0.6) is 0 Å². The van der Waals surface area contributed by atoms with Crippen molar-refractivity contribution in [3.8, 4) is 0 Å². The van der Waals surface area contributed by atoms with E-state index in [1.54, 1.807) is 0 Å². The zero-order valence-corrected chi connectivity index (χ0v) is 9.22. The molecule has 0 amide bonds. The summed E-state index contributed by atoms with van der Waals surface area (Å²) < 4.78 is 0. The topological polar surface area (TPSA) is 29.3 Å². The molecular formula is C10H20N2S. The van der Waals surface area contributed by atoms with E-state index in [-0.39, 0.29) is 0 Å². The Bertz CT molecular complexity index is 168. The van der Waals surface area contributed by atoms with Gasteiger partial charge in [-0.1, -0.05) is 6.92 Å². The summed E-state index contributed by atoms with van der Waals surface area (Å²) in [7, 11) is 0. The van der Waals surface area contributed by atoms with Crippen LogP contribution in [0.3, 0.4) is 0 Å². The maximum absolute atomic E-state index is 6.09. The van der Waals surface area contributed by atoms with Gasteiger partial charge in [-0.25, -0.2) is 0 Å². The smallest absolute Gasteiger partial charge is 0.0194 e. The lowest BCUT2D eigenvalue weighted by Gasteiger charge is -2.38. The van der Waals surface area contributed by atoms with Crippen LogP contribution < -0.4 is 5.73 Å². The molecule has 2 fully saturated rings. The number of hydrogen-bond acceptors (Lipinski definition) is 3. The molecule has 3 unspecified atom stereocenters. The van der Waals surface area contributed by atoms with Crippen molar-refractivity contribution >= 4 is 11.8 Å². The largest absolute Gasteiger partial charge is 0.326 e. The highest BCUT2D eigenvalue weighted by molar-refractivity contribution is 7.99. The Morgan fingerprint density at radius 1 is 1.38 bits per heavy atom. The van der Waals surface area contributed by atoms with Crippen LogP contribution in [0, 0.1) is 5.92 Å².